The van der Waals surface area contributed by atoms with E-state index < -0.39 is 16.7 Å². The molecule has 136 valence electrons. The third-order valence-corrected chi connectivity index (χ3v) is 3.71. The number of aromatic amines is 1. The van der Waals surface area contributed by atoms with Crippen molar-refractivity contribution >= 4 is 23.2 Å². The lowest BCUT2D eigenvalue weighted by molar-refractivity contribution is -0.384. The van der Waals surface area contributed by atoms with Gasteiger partial charge in [-0.3, -0.25) is 19.7 Å². The van der Waals surface area contributed by atoms with Gasteiger partial charge in [0.1, 0.15) is 5.69 Å². The summed E-state index contributed by atoms with van der Waals surface area (Å²) in [6.45, 7) is 0.308. The quantitative estimate of drug-likeness (QED) is 0.456. The van der Waals surface area contributed by atoms with Crippen LogP contribution >= 0.6 is 0 Å². The van der Waals surface area contributed by atoms with E-state index in [0.29, 0.717) is 12.2 Å². The zero-order valence-electron chi connectivity index (χ0n) is 14.0. The lowest BCUT2D eigenvalue weighted by Gasteiger charge is -2.07. The van der Waals surface area contributed by atoms with Crippen molar-refractivity contribution in [3.8, 4) is 0 Å². The molecule has 0 fully saturated rings. The lowest BCUT2D eigenvalue weighted by atomic mass is 10.2. The van der Waals surface area contributed by atoms with Crippen molar-refractivity contribution in [3.05, 3.63) is 88.0 Å². The molecule has 27 heavy (non-hydrogen) atoms. The normalized spacial score (nSPS) is 10.2. The average molecular weight is 365 g/mol. The molecule has 0 aliphatic heterocycles. The summed E-state index contributed by atoms with van der Waals surface area (Å²) in [5.41, 5.74) is 1.14. The van der Waals surface area contributed by atoms with Crippen molar-refractivity contribution in [3.63, 3.8) is 0 Å². The molecule has 3 rings (SSSR count). The number of nitrogens with zero attached hydrogens (tertiary/aromatic N) is 2. The molecule has 0 saturated heterocycles. The molecule has 0 atom stereocenters. The first-order chi connectivity index (χ1) is 13.0. The number of amides is 2. The van der Waals surface area contributed by atoms with E-state index in [0.717, 1.165) is 5.56 Å². The Kier molecular flexibility index (Phi) is 5.22. The van der Waals surface area contributed by atoms with Gasteiger partial charge in [0.25, 0.3) is 17.5 Å². The summed E-state index contributed by atoms with van der Waals surface area (Å²) in [7, 11) is 0. The Labute approximate surface area is 153 Å². The largest absolute Gasteiger partial charge is 0.347 e. The molecule has 3 aromatic rings. The monoisotopic (exact) mass is 365 g/mol. The Morgan fingerprint density at radius 2 is 1.74 bits per heavy atom. The van der Waals surface area contributed by atoms with E-state index in [9.17, 15) is 19.7 Å². The molecule has 1 heterocycles. The molecule has 0 spiro atoms. The number of non-ortho nitro benzene ring substituents is 1. The fraction of sp³-hybridized carbons (Fsp3) is 0.0556. The summed E-state index contributed by atoms with van der Waals surface area (Å²) >= 11 is 0. The van der Waals surface area contributed by atoms with Crippen molar-refractivity contribution in [2.45, 2.75) is 6.54 Å². The SMILES string of the molecule is O=C(Nc1ccc([N+](=O)[O-])cc1)c1nc[nH]c1C(=O)NCc1ccccc1. The van der Waals surface area contributed by atoms with Crippen LogP contribution in [0.1, 0.15) is 26.5 Å². The van der Waals surface area contributed by atoms with Gasteiger partial charge in [-0.1, -0.05) is 30.3 Å². The highest BCUT2D eigenvalue weighted by Crippen LogP contribution is 2.16. The highest BCUT2D eigenvalue weighted by Gasteiger charge is 2.20. The van der Waals surface area contributed by atoms with Crippen molar-refractivity contribution in [1.82, 2.24) is 15.3 Å². The van der Waals surface area contributed by atoms with Gasteiger partial charge >= 0.3 is 0 Å². The number of benzene rings is 2. The first-order valence-corrected chi connectivity index (χ1v) is 7.96. The van der Waals surface area contributed by atoms with E-state index in [1.807, 2.05) is 30.3 Å². The van der Waals surface area contributed by atoms with Crippen LogP contribution < -0.4 is 10.6 Å². The molecule has 0 radical (unpaired) electrons. The summed E-state index contributed by atoms with van der Waals surface area (Å²) in [5, 5.41) is 15.9. The third kappa shape index (κ3) is 4.34. The van der Waals surface area contributed by atoms with Crippen LogP contribution in [0, 0.1) is 10.1 Å². The van der Waals surface area contributed by atoms with Crippen molar-refractivity contribution in [2.75, 3.05) is 5.32 Å². The Hall–Kier alpha value is -4.01. The van der Waals surface area contributed by atoms with Crippen LogP contribution in [0.4, 0.5) is 11.4 Å². The molecule has 0 aliphatic carbocycles. The Balaban J connectivity index is 1.67. The summed E-state index contributed by atoms with van der Waals surface area (Å²) in [4.78, 5) is 41.4. The number of rotatable bonds is 6. The fourth-order valence-electron chi connectivity index (χ4n) is 2.36. The van der Waals surface area contributed by atoms with Gasteiger partial charge in [0.2, 0.25) is 0 Å². The van der Waals surface area contributed by atoms with Crippen LogP contribution in [0.3, 0.4) is 0 Å². The molecule has 0 unspecified atom stereocenters. The van der Waals surface area contributed by atoms with Crippen molar-refractivity contribution in [1.29, 1.82) is 0 Å². The average Bonchev–Trinajstić information content (AvgIpc) is 3.17. The highest BCUT2D eigenvalue weighted by atomic mass is 16.6. The Bertz CT molecular complexity index is 967. The molecular formula is C18H15N5O4. The number of nitro groups is 1. The predicted molar refractivity (Wildman–Crippen MR) is 97.2 cm³/mol. The molecule has 0 aliphatic rings. The zero-order valence-corrected chi connectivity index (χ0v) is 14.0. The highest BCUT2D eigenvalue weighted by molar-refractivity contribution is 6.10. The van der Waals surface area contributed by atoms with E-state index in [-0.39, 0.29) is 17.1 Å². The number of carbonyl (C=O) groups is 2. The number of imidazole rings is 1. The van der Waals surface area contributed by atoms with Crippen LogP contribution in [0.2, 0.25) is 0 Å². The number of nitro benzene ring substituents is 1. The molecule has 0 bridgehead atoms. The zero-order chi connectivity index (χ0) is 19.2. The first-order valence-electron chi connectivity index (χ1n) is 7.96. The van der Waals surface area contributed by atoms with Gasteiger partial charge in [-0.2, -0.15) is 0 Å². The molecular weight excluding hydrogens is 350 g/mol. The van der Waals surface area contributed by atoms with Crippen LogP contribution in [0.25, 0.3) is 0 Å². The summed E-state index contributed by atoms with van der Waals surface area (Å²) < 4.78 is 0. The summed E-state index contributed by atoms with van der Waals surface area (Å²) in [6, 6.07) is 14.7. The predicted octanol–water partition coefficient (Wildman–Crippen LogP) is 2.50. The van der Waals surface area contributed by atoms with Gasteiger partial charge in [-0.15, -0.1) is 0 Å². The van der Waals surface area contributed by atoms with Gasteiger partial charge in [-0.05, 0) is 17.7 Å². The summed E-state index contributed by atoms with van der Waals surface area (Å²) in [6.07, 6.45) is 1.25. The van der Waals surface area contributed by atoms with E-state index in [2.05, 4.69) is 20.6 Å². The maximum Gasteiger partial charge on any atom is 0.276 e. The van der Waals surface area contributed by atoms with Crippen molar-refractivity contribution < 1.29 is 14.5 Å². The minimum absolute atomic E-state index is 0.0327. The lowest BCUT2D eigenvalue weighted by Crippen LogP contribution is -2.26. The second kappa shape index (κ2) is 7.91. The number of H-pyrrole nitrogens is 1. The maximum absolute atomic E-state index is 12.4. The van der Waals surface area contributed by atoms with Gasteiger partial charge in [-0.25, -0.2) is 4.98 Å². The van der Waals surface area contributed by atoms with E-state index in [4.69, 9.17) is 0 Å². The van der Waals surface area contributed by atoms with Gasteiger partial charge in [0, 0.05) is 24.4 Å². The summed E-state index contributed by atoms with van der Waals surface area (Å²) in [5.74, 6) is -1.07. The molecule has 0 saturated carbocycles. The Morgan fingerprint density at radius 1 is 1.04 bits per heavy atom. The number of nitrogens with one attached hydrogen (secondary N) is 3. The van der Waals surface area contributed by atoms with Gasteiger partial charge in [0.15, 0.2) is 5.69 Å². The topological polar surface area (TPSA) is 130 Å². The van der Waals surface area contributed by atoms with Crippen LogP contribution in [0.15, 0.2) is 60.9 Å². The van der Waals surface area contributed by atoms with Gasteiger partial charge < -0.3 is 15.6 Å². The molecule has 9 nitrogen and oxygen atoms in total. The number of aromatic nitrogens is 2. The first kappa shape index (κ1) is 17.8. The molecule has 9 heteroatoms. The number of hydrogen-bond donors (Lipinski definition) is 3. The fourth-order valence-corrected chi connectivity index (χ4v) is 2.36. The molecule has 1 aromatic heterocycles. The van der Waals surface area contributed by atoms with Crippen molar-refractivity contribution in [2.24, 2.45) is 0 Å². The van der Waals surface area contributed by atoms with Crippen LogP contribution in [-0.4, -0.2) is 26.7 Å². The van der Waals surface area contributed by atoms with Crippen LogP contribution in [0.5, 0.6) is 0 Å². The third-order valence-electron chi connectivity index (χ3n) is 3.71. The smallest absolute Gasteiger partial charge is 0.276 e. The number of hydrogen-bond acceptors (Lipinski definition) is 5. The number of carbonyl (C=O) groups excluding carboxylic acids is 2. The number of anilines is 1. The molecule has 2 amide bonds. The standard InChI is InChI=1S/C18H15N5O4/c24-17(19-10-12-4-2-1-3-5-12)15-16(21-11-20-15)18(25)22-13-6-8-14(9-7-13)23(26)27/h1-9,11H,10H2,(H,19,24)(H,20,21)(H,22,25). The minimum atomic E-state index is -0.602. The molecule has 3 N–H and O–H groups in total. The van der Waals surface area contributed by atoms with E-state index in [1.165, 1.54) is 30.6 Å². The second-order valence-electron chi connectivity index (χ2n) is 5.55. The van der Waals surface area contributed by atoms with Crippen LogP contribution in [-0.2, 0) is 6.54 Å². The molecule has 2 aromatic carbocycles. The second-order valence-corrected chi connectivity index (χ2v) is 5.55. The maximum atomic E-state index is 12.4. The van der Waals surface area contributed by atoms with Gasteiger partial charge in [0.05, 0.1) is 11.3 Å². The van der Waals surface area contributed by atoms with E-state index in [1.54, 1.807) is 0 Å². The minimum Gasteiger partial charge on any atom is -0.347 e. The Morgan fingerprint density at radius 3 is 2.41 bits per heavy atom. The van der Waals surface area contributed by atoms with E-state index >= 15 is 0 Å².